The van der Waals surface area contributed by atoms with E-state index in [9.17, 15) is 14.7 Å². The maximum Gasteiger partial charge on any atom is 0.324 e. The molecular weight excluding hydrogens is 250 g/mol. The van der Waals surface area contributed by atoms with Crippen molar-refractivity contribution in [2.24, 2.45) is 5.73 Å². The summed E-state index contributed by atoms with van der Waals surface area (Å²) < 4.78 is -1.13. The van der Waals surface area contributed by atoms with E-state index in [0.29, 0.717) is 12.0 Å². The standard InChI is InChI=1S/C13H17NO3S/c1-3-13(12(16)17,18-9(2)11(14)15)10-7-5-4-6-8-10/h4-9H,3H2,1-2H3,(H2,14,15)(H,16,17)/t9-,13-/m0/s1. The lowest BCUT2D eigenvalue weighted by molar-refractivity contribution is -0.140. The van der Waals surface area contributed by atoms with Crippen LogP contribution in [0.2, 0.25) is 0 Å². The van der Waals surface area contributed by atoms with E-state index in [1.807, 2.05) is 6.07 Å². The van der Waals surface area contributed by atoms with Crippen LogP contribution < -0.4 is 5.73 Å². The third-order valence-electron chi connectivity index (χ3n) is 2.86. The van der Waals surface area contributed by atoms with Gasteiger partial charge in [-0.3, -0.25) is 9.59 Å². The fourth-order valence-electron chi connectivity index (χ4n) is 1.75. The van der Waals surface area contributed by atoms with E-state index in [2.05, 4.69) is 0 Å². The third-order valence-corrected chi connectivity index (χ3v) is 4.55. The SMILES string of the molecule is CC[C@@](S[C@@H](C)C(N)=O)(C(=O)O)c1ccccc1. The summed E-state index contributed by atoms with van der Waals surface area (Å²) in [5.41, 5.74) is 5.90. The monoisotopic (exact) mass is 267 g/mol. The van der Waals surface area contributed by atoms with Crippen molar-refractivity contribution in [3.63, 3.8) is 0 Å². The molecule has 2 atom stereocenters. The van der Waals surface area contributed by atoms with Crippen LogP contribution in [0.4, 0.5) is 0 Å². The first-order valence-corrected chi connectivity index (χ1v) is 6.58. The Morgan fingerprint density at radius 2 is 1.94 bits per heavy atom. The molecule has 0 spiro atoms. The maximum atomic E-state index is 11.6. The molecule has 0 aliphatic heterocycles. The molecule has 0 radical (unpaired) electrons. The molecule has 0 aromatic heterocycles. The molecule has 0 saturated heterocycles. The zero-order chi connectivity index (χ0) is 13.8. The first-order valence-electron chi connectivity index (χ1n) is 5.70. The number of carboxylic acid groups (broad SMARTS) is 1. The van der Waals surface area contributed by atoms with Crippen LogP contribution in [0.25, 0.3) is 0 Å². The predicted molar refractivity (Wildman–Crippen MR) is 72.3 cm³/mol. The van der Waals surface area contributed by atoms with E-state index in [0.717, 1.165) is 11.8 Å². The maximum absolute atomic E-state index is 11.6. The van der Waals surface area contributed by atoms with Crippen LogP contribution in [0.5, 0.6) is 0 Å². The molecule has 0 aliphatic carbocycles. The van der Waals surface area contributed by atoms with Crippen molar-refractivity contribution in [3.05, 3.63) is 35.9 Å². The van der Waals surface area contributed by atoms with Gasteiger partial charge in [-0.1, -0.05) is 37.3 Å². The summed E-state index contributed by atoms with van der Waals surface area (Å²) in [6.45, 7) is 3.42. The minimum absolute atomic E-state index is 0.384. The Balaban J connectivity index is 3.18. The molecule has 0 saturated carbocycles. The normalized spacial score (nSPS) is 15.7. The van der Waals surface area contributed by atoms with E-state index in [1.54, 1.807) is 38.1 Å². The lowest BCUT2D eigenvalue weighted by Gasteiger charge is -2.30. The zero-order valence-corrected chi connectivity index (χ0v) is 11.2. The molecule has 1 aromatic rings. The summed E-state index contributed by atoms with van der Waals surface area (Å²) in [4.78, 5) is 22.8. The number of carbonyl (C=O) groups is 2. The Morgan fingerprint density at radius 3 is 2.33 bits per heavy atom. The summed E-state index contributed by atoms with van der Waals surface area (Å²) in [5, 5.41) is 8.98. The van der Waals surface area contributed by atoms with Crippen molar-refractivity contribution in [3.8, 4) is 0 Å². The fraction of sp³-hybridized carbons (Fsp3) is 0.385. The molecule has 18 heavy (non-hydrogen) atoms. The molecule has 0 heterocycles. The van der Waals surface area contributed by atoms with Gasteiger partial charge in [-0.25, -0.2) is 0 Å². The lowest BCUT2D eigenvalue weighted by atomic mass is 9.95. The number of carboxylic acids is 1. The Morgan fingerprint density at radius 1 is 1.39 bits per heavy atom. The van der Waals surface area contributed by atoms with Crippen LogP contribution in [0.15, 0.2) is 30.3 Å². The molecule has 0 aliphatic rings. The van der Waals surface area contributed by atoms with Crippen molar-refractivity contribution in [1.82, 2.24) is 0 Å². The van der Waals surface area contributed by atoms with Gasteiger partial charge in [-0.2, -0.15) is 0 Å². The third kappa shape index (κ3) is 2.85. The van der Waals surface area contributed by atoms with Gasteiger partial charge in [-0.15, -0.1) is 11.8 Å². The summed E-state index contributed by atoms with van der Waals surface area (Å²) in [6.07, 6.45) is 0.384. The summed E-state index contributed by atoms with van der Waals surface area (Å²) in [6, 6.07) is 8.93. The average Bonchev–Trinajstić information content (AvgIpc) is 2.36. The van der Waals surface area contributed by atoms with E-state index < -0.39 is 21.9 Å². The molecular formula is C13H17NO3S. The first-order chi connectivity index (χ1) is 8.44. The van der Waals surface area contributed by atoms with Crippen LogP contribution in [0.3, 0.4) is 0 Å². The largest absolute Gasteiger partial charge is 0.480 e. The number of hydrogen-bond acceptors (Lipinski definition) is 3. The van der Waals surface area contributed by atoms with Crippen LogP contribution in [-0.4, -0.2) is 22.2 Å². The average molecular weight is 267 g/mol. The molecule has 0 unspecified atom stereocenters. The van der Waals surface area contributed by atoms with Crippen LogP contribution in [0.1, 0.15) is 25.8 Å². The van der Waals surface area contributed by atoms with Crippen LogP contribution >= 0.6 is 11.8 Å². The van der Waals surface area contributed by atoms with Gasteiger partial charge in [0.05, 0.1) is 5.25 Å². The highest BCUT2D eigenvalue weighted by Gasteiger charge is 2.41. The number of rotatable bonds is 6. The summed E-state index contributed by atoms with van der Waals surface area (Å²) in [5.74, 6) is -1.45. The van der Waals surface area contributed by atoms with Gasteiger partial charge in [0.2, 0.25) is 5.91 Å². The van der Waals surface area contributed by atoms with E-state index in [1.165, 1.54) is 0 Å². The molecule has 1 amide bonds. The second kappa shape index (κ2) is 5.91. The van der Waals surface area contributed by atoms with Gasteiger partial charge < -0.3 is 10.8 Å². The molecule has 98 valence electrons. The highest BCUT2D eigenvalue weighted by atomic mass is 32.2. The second-order valence-corrected chi connectivity index (χ2v) is 5.65. The van der Waals surface area contributed by atoms with Crippen molar-refractivity contribution < 1.29 is 14.7 Å². The minimum atomic E-state index is -1.13. The molecule has 1 rings (SSSR count). The number of thioether (sulfide) groups is 1. The number of nitrogens with two attached hydrogens (primary N) is 1. The van der Waals surface area contributed by atoms with Gasteiger partial charge in [-0.05, 0) is 18.9 Å². The zero-order valence-electron chi connectivity index (χ0n) is 10.4. The first kappa shape index (κ1) is 14.6. The number of primary amides is 1. The number of aliphatic carboxylic acids is 1. The predicted octanol–water partition coefficient (Wildman–Crippen LogP) is 1.98. The number of hydrogen-bond donors (Lipinski definition) is 2. The molecule has 0 bridgehead atoms. The Bertz CT molecular complexity index is 435. The van der Waals surface area contributed by atoms with Gasteiger partial charge in [0, 0.05) is 0 Å². The number of amides is 1. The quantitative estimate of drug-likeness (QED) is 0.826. The van der Waals surface area contributed by atoms with Crippen molar-refractivity contribution in [1.29, 1.82) is 0 Å². The molecule has 1 aromatic carbocycles. The Kier molecular flexibility index (Phi) is 4.78. The number of carbonyl (C=O) groups excluding carboxylic acids is 1. The minimum Gasteiger partial charge on any atom is -0.480 e. The molecule has 3 N–H and O–H groups in total. The van der Waals surface area contributed by atoms with Gasteiger partial charge >= 0.3 is 5.97 Å². The lowest BCUT2D eigenvalue weighted by Crippen LogP contribution is -2.36. The number of benzene rings is 1. The Labute approximate surface area is 111 Å². The van der Waals surface area contributed by atoms with Crippen molar-refractivity contribution >= 4 is 23.6 Å². The highest BCUT2D eigenvalue weighted by Crippen LogP contribution is 2.42. The fourth-order valence-corrected chi connectivity index (χ4v) is 3.01. The van der Waals surface area contributed by atoms with Crippen molar-refractivity contribution in [2.45, 2.75) is 30.3 Å². The molecule has 4 nitrogen and oxygen atoms in total. The van der Waals surface area contributed by atoms with Crippen LogP contribution in [0, 0.1) is 0 Å². The summed E-state index contributed by atoms with van der Waals surface area (Å²) >= 11 is 1.09. The molecule has 5 heteroatoms. The van der Waals surface area contributed by atoms with Crippen LogP contribution in [-0.2, 0) is 14.3 Å². The van der Waals surface area contributed by atoms with E-state index in [-0.39, 0.29) is 0 Å². The van der Waals surface area contributed by atoms with Gasteiger partial charge in [0.25, 0.3) is 0 Å². The van der Waals surface area contributed by atoms with Crippen molar-refractivity contribution in [2.75, 3.05) is 0 Å². The summed E-state index contributed by atoms with van der Waals surface area (Å²) in [7, 11) is 0. The van der Waals surface area contributed by atoms with E-state index >= 15 is 0 Å². The second-order valence-electron chi connectivity index (χ2n) is 4.01. The van der Waals surface area contributed by atoms with E-state index in [4.69, 9.17) is 5.73 Å². The molecule has 0 fully saturated rings. The van der Waals surface area contributed by atoms with Gasteiger partial charge in [0.1, 0.15) is 4.75 Å². The smallest absolute Gasteiger partial charge is 0.324 e. The topological polar surface area (TPSA) is 80.4 Å². The highest BCUT2D eigenvalue weighted by molar-refractivity contribution is 8.02. The Hall–Kier alpha value is -1.49. The van der Waals surface area contributed by atoms with Gasteiger partial charge in [0.15, 0.2) is 0 Å².